The van der Waals surface area contributed by atoms with Crippen molar-refractivity contribution < 1.29 is 9.84 Å². The average Bonchev–Trinajstić information content (AvgIpc) is 2.77. The smallest absolute Gasteiger partial charge is 0.119 e. The quantitative estimate of drug-likeness (QED) is 0.916. The van der Waals surface area contributed by atoms with Gasteiger partial charge in [0, 0.05) is 13.5 Å². The molecule has 0 bridgehead atoms. The van der Waals surface area contributed by atoms with Gasteiger partial charge in [0.25, 0.3) is 0 Å². The Morgan fingerprint density at radius 1 is 1.40 bits per heavy atom. The highest BCUT2D eigenvalue weighted by Gasteiger charge is 2.38. The summed E-state index contributed by atoms with van der Waals surface area (Å²) in [5, 5.41) is 15.3. The van der Waals surface area contributed by atoms with Gasteiger partial charge in [-0.15, -0.1) is 0 Å². The zero-order valence-electron chi connectivity index (χ0n) is 11.6. The summed E-state index contributed by atoms with van der Waals surface area (Å²) in [5.74, 6) is 0.831. The van der Waals surface area contributed by atoms with Crippen molar-refractivity contribution in [1.29, 1.82) is 0 Å². The minimum atomic E-state index is -0.885. The van der Waals surface area contributed by atoms with Gasteiger partial charge >= 0.3 is 0 Å². The molecule has 2 aromatic rings. The van der Waals surface area contributed by atoms with Crippen LogP contribution in [0.15, 0.2) is 28.9 Å². The highest BCUT2D eigenvalue weighted by molar-refractivity contribution is 9.10. The molecule has 0 radical (unpaired) electrons. The van der Waals surface area contributed by atoms with E-state index in [0.717, 1.165) is 27.9 Å². The number of hydrogen-bond acceptors (Lipinski definition) is 3. The largest absolute Gasteiger partial charge is 0.497 e. The van der Waals surface area contributed by atoms with Gasteiger partial charge in [-0.2, -0.15) is 5.10 Å². The third kappa shape index (κ3) is 2.15. The Bertz CT molecular complexity index is 634. The summed E-state index contributed by atoms with van der Waals surface area (Å²) in [7, 11) is 3.52. The van der Waals surface area contributed by atoms with E-state index in [9.17, 15) is 5.11 Å². The third-order valence-electron chi connectivity index (χ3n) is 4.04. The van der Waals surface area contributed by atoms with Gasteiger partial charge in [0.15, 0.2) is 0 Å². The molecular weight excluding hydrogens is 320 g/mol. The molecule has 1 aliphatic rings. The normalized spacial score (nSPS) is 21.6. The first kappa shape index (κ1) is 13.6. The van der Waals surface area contributed by atoms with Crippen LogP contribution in [0.2, 0.25) is 0 Å². The minimum absolute atomic E-state index is 0.581. The topological polar surface area (TPSA) is 47.3 Å². The maximum Gasteiger partial charge on any atom is 0.119 e. The molecule has 1 aliphatic carbocycles. The lowest BCUT2D eigenvalue weighted by atomic mass is 9.78. The monoisotopic (exact) mass is 336 g/mol. The van der Waals surface area contributed by atoms with Crippen molar-refractivity contribution >= 4 is 15.9 Å². The van der Waals surface area contributed by atoms with E-state index in [1.165, 1.54) is 5.56 Å². The minimum Gasteiger partial charge on any atom is -0.497 e. The summed E-state index contributed by atoms with van der Waals surface area (Å²) in [6.07, 6.45) is 3.87. The van der Waals surface area contributed by atoms with Crippen LogP contribution >= 0.6 is 15.9 Å². The van der Waals surface area contributed by atoms with Crippen LogP contribution in [0.25, 0.3) is 0 Å². The Balaban J connectivity index is 2.02. The molecule has 0 amide bonds. The number of aryl methyl sites for hydroxylation is 2. The number of aromatic nitrogens is 2. The second kappa shape index (κ2) is 4.90. The summed E-state index contributed by atoms with van der Waals surface area (Å²) in [6, 6.07) is 6.08. The summed E-state index contributed by atoms with van der Waals surface area (Å²) in [4.78, 5) is 0. The first-order valence-electron chi connectivity index (χ1n) is 6.59. The molecular formula is C15H17BrN2O2. The van der Waals surface area contributed by atoms with Gasteiger partial charge in [0.05, 0.1) is 23.5 Å². The van der Waals surface area contributed by atoms with Crippen LogP contribution in [-0.2, 0) is 25.5 Å². The third-order valence-corrected chi connectivity index (χ3v) is 4.62. The average molecular weight is 337 g/mol. The molecule has 1 unspecified atom stereocenters. The highest BCUT2D eigenvalue weighted by Crippen LogP contribution is 2.40. The van der Waals surface area contributed by atoms with Gasteiger partial charge in [-0.05, 0) is 52.0 Å². The van der Waals surface area contributed by atoms with Crippen molar-refractivity contribution in [3.05, 3.63) is 45.7 Å². The van der Waals surface area contributed by atoms with Crippen molar-refractivity contribution in [1.82, 2.24) is 9.78 Å². The molecule has 106 valence electrons. The predicted octanol–water partition coefficient (Wildman–Crippen LogP) is 2.57. The van der Waals surface area contributed by atoms with Crippen molar-refractivity contribution in [2.75, 3.05) is 7.11 Å². The van der Waals surface area contributed by atoms with Gasteiger partial charge in [-0.3, -0.25) is 4.68 Å². The summed E-state index contributed by atoms with van der Waals surface area (Å²) in [5.41, 5.74) is 2.38. The lowest BCUT2D eigenvalue weighted by Crippen LogP contribution is -2.35. The zero-order valence-corrected chi connectivity index (χ0v) is 13.1. The molecule has 1 heterocycles. The van der Waals surface area contributed by atoms with E-state index >= 15 is 0 Å². The molecule has 1 aromatic carbocycles. The van der Waals surface area contributed by atoms with Crippen LogP contribution in [0.3, 0.4) is 0 Å². The summed E-state index contributed by atoms with van der Waals surface area (Å²) >= 11 is 3.49. The number of halogens is 1. The van der Waals surface area contributed by atoms with E-state index in [0.29, 0.717) is 12.8 Å². The Labute approximate surface area is 126 Å². The number of nitrogens with zero attached hydrogens (tertiary/aromatic N) is 2. The molecule has 0 fully saturated rings. The van der Waals surface area contributed by atoms with E-state index in [2.05, 4.69) is 27.1 Å². The molecule has 1 atom stereocenters. The van der Waals surface area contributed by atoms with E-state index in [1.807, 2.05) is 19.2 Å². The molecule has 1 aromatic heterocycles. The molecule has 4 nitrogen and oxygen atoms in total. The Morgan fingerprint density at radius 3 is 2.85 bits per heavy atom. The first-order chi connectivity index (χ1) is 9.53. The molecule has 5 heteroatoms. The molecule has 1 N–H and O–H groups in total. The number of methoxy groups -OCH3 is 1. The van der Waals surface area contributed by atoms with Crippen LogP contribution in [0.4, 0.5) is 0 Å². The molecule has 0 spiro atoms. The first-order valence-corrected chi connectivity index (χ1v) is 7.39. The lowest BCUT2D eigenvalue weighted by molar-refractivity contribution is 0.0136. The molecule has 0 saturated carbocycles. The van der Waals surface area contributed by atoms with E-state index in [1.54, 1.807) is 18.0 Å². The fraction of sp³-hybridized carbons (Fsp3) is 0.400. The summed E-state index contributed by atoms with van der Waals surface area (Å²) < 4.78 is 7.88. The van der Waals surface area contributed by atoms with Gasteiger partial charge in [0.2, 0.25) is 0 Å². The van der Waals surface area contributed by atoms with Crippen LogP contribution in [-0.4, -0.2) is 22.0 Å². The fourth-order valence-corrected chi connectivity index (χ4v) is 3.74. The summed E-state index contributed by atoms with van der Waals surface area (Å²) in [6.45, 7) is 0. The highest BCUT2D eigenvalue weighted by atomic mass is 79.9. The number of benzene rings is 1. The fourth-order valence-electron chi connectivity index (χ4n) is 3.02. The van der Waals surface area contributed by atoms with Crippen LogP contribution in [0, 0.1) is 0 Å². The van der Waals surface area contributed by atoms with Gasteiger partial charge in [0.1, 0.15) is 11.4 Å². The maximum absolute atomic E-state index is 11.1. The van der Waals surface area contributed by atoms with Crippen molar-refractivity contribution in [3.63, 3.8) is 0 Å². The van der Waals surface area contributed by atoms with Crippen molar-refractivity contribution in [2.24, 2.45) is 7.05 Å². The van der Waals surface area contributed by atoms with E-state index in [-0.39, 0.29) is 0 Å². The molecule has 0 saturated heterocycles. The second-order valence-electron chi connectivity index (χ2n) is 5.31. The number of rotatable bonds is 2. The Morgan fingerprint density at radius 2 is 2.20 bits per heavy atom. The van der Waals surface area contributed by atoms with Crippen molar-refractivity contribution in [2.45, 2.75) is 24.9 Å². The number of aliphatic hydroxyl groups is 1. The Kier molecular flexibility index (Phi) is 3.34. The van der Waals surface area contributed by atoms with E-state index < -0.39 is 5.60 Å². The number of hydrogen-bond donors (Lipinski definition) is 1. The lowest BCUT2D eigenvalue weighted by Gasteiger charge is -2.34. The van der Waals surface area contributed by atoms with Crippen molar-refractivity contribution in [3.8, 4) is 5.75 Å². The number of fused-ring (bicyclic) bond motifs is 1. The Hall–Kier alpha value is -1.33. The van der Waals surface area contributed by atoms with Crippen LogP contribution in [0.5, 0.6) is 5.75 Å². The SMILES string of the molecule is COc1ccc2c(c1)CC(O)(c1c(Br)cnn1C)CC2. The van der Waals surface area contributed by atoms with Gasteiger partial charge in [-0.25, -0.2) is 0 Å². The molecule has 20 heavy (non-hydrogen) atoms. The van der Waals surface area contributed by atoms with Crippen LogP contribution in [0.1, 0.15) is 23.2 Å². The molecule has 0 aliphatic heterocycles. The maximum atomic E-state index is 11.1. The van der Waals surface area contributed by atoms with Crippen LogP contribution < -0.4 is 4.74 Å². The second-order valence-corrected chi connectivity index (χ2v) is 6.16. The zero-order chi connectivity index (χ0) is 14.3. The molecule has 3 rings (SSSR count). The standard InChI is InChI=1S/C15H17BrN2O2/c1-18-14(13(16)9-17-18)15(19)6-5-10-3-4-12(20-2)7-11(10)8-15/h3-4,7,9,19H,5-6,8H2,1-2H3. The van der Waals surface area contributed by atoms with Gasteiger partial charge < -0.3 is 9.84 Å². The number of ether oxygens (including phenoxy) is 1. The predicted molar refractivity (Wildman–Crippen MR) is 79.8 cm³/mol. The van der Waals surface area contributed by atoms with Gasteiger partial charge in [-0.1, -0.05) is 6.07 Å². The van der Waals surface area contributed by atoms with E-state index in [4.69, 9.17) is 4.74 Å².